The number of phenols is 1. The van der Waals surface area contributed by atoms with Gasteiger partial charge in [-0.1, -0.05) is 17.7 Å². The molecule has 3 N–H and O–H groups in total. The number of aliphatic hydroxyl groups is 1. The number of rotatable bonds is 3. The van der Waals surface area contributed by atoms with Crippen LogP contribution in [0.25, 0.3) is 0 Å². The first-order valence-corrected chi connectivity index (χ1v) is 4.26. The first-order valence-electron chi connectivity index (χ1n) is 3.89. The number of aliphatic hydroxyl groups excluding tert-OH is 1. The van der Waals surface area contributed by atoms with Crippen LogP contribution in [0.3, 0.4) is 0 Å². The van der Waals surface area contributed by atoms with Gasteiger partial charge in [0.2, 0.25) is 0 Å². The maximum absolute atomic E-state index is 10.3. The molecule has 1 aromatic carbocycles. The molecule has 0 aliphatic heterocycles. The molecule has 0 heterocycles. The van der Waals surface area contributed by atoms with Crippen molar-refractivity contribution in [2.75, 3.05) is 0 Å². The number of aliphatic carboxylic acids is 1. The molecule has 0 radical (unpaired) electrons. The summed E-state index contributed by atoms with van der Waals surface area (Å²) in [6.45, 7) is 0. The third-order valence-corrected chi connectivity index (χ3v) is 1.95. The second-order valence-electron chi connectivity index (χ2n) is 2.82. The number of phenolic OH excluding ortho intramolecular Hbond substituents is 1. The number of halogens is 1. The molecule has 0 aromatic heterocycles. The Morgan fingerprint density at radius 3 is 2.64 bits per heavy atom. The normalized spacial score (nSPS) is 12.4. The standard InChI is InChI=1S/C9H9ClO4/c10-5-1-2-6(7(11)3-5)8(12)4-9(13)14/h1-3,8,11-12H,4H2,(H,13,14)/t8-/m0/s1. The van der Waals surface area contributed by atoms with E-state index in [0.29, 0.717) is 5.02 Å². The summed E-state index contributed by atoms with van der Waals surface area (Å²) >= 11 is 5.57. The van der Waals surface area contributed by atoms with E-state index in [0.717, 1.165) is 0 Å². The Morgan fingerprint density at radius 2 is 2.14 bits per heavy atom. The van der Waals surface area contributed by atoms with Crippen molar-refractivity contribution >= 4 is 17.6 Å². The second kappa shape index (κ2) is 4.30. The number of carboxylic acids is 1. The molecule has 1 rings (SSSR count). The van der Waals surface area contributed by atoms with Crippen molar-refractivity contribution in [3.8, 4) is 5.75 Å². The molecule has 0 saturated heterocycles. The van der Waals surface area contributed by atoms with Gasteiger partial charge in [0.1, 0.15) is 5.75 Å². The molecule has 0 aliphatic carbocycles. The molecule has 0 bridgehead atoms. The monoisotopic (exact) mass is 216 g/mol. The fraction of sp³-hybridized carbons (Fsp3) is 0.222. The van der Waals surface area contributed by atoms with E-state index in [9.17, 15) is 15.0 Å². The summed E-state index contributed by atoms with van der Waals surface area (Å²) < 4.78 is 0. The Morgan fingerprint density at radius 1 is 1.50 bits per heavy atom. The van der Waals surface area contributed by atoms with E-state index in [2.05, 4.69) is 0 Å². The number of benzene rings is 1. The third-order valence-electron chi connectivity index (χ3n) is 1.72. The summed E-state index contributed by atoms with van der Waals surface area (Å²) in [5, 5.41) is 27.5. The summed E-state index contributed by atoms with van der Waals surface area (Å²) in [6.07, 6.45) is -1.67. The minimum Gasteiger partial charge on any atom is -0.508 e. The van der Waals surface area contributed by atoms with Crippen LogP contribution in [-0.2, 0) is 4.79 Å². The number of hydrogen-bond acceptors (Lipinski definition) is 3. The van der Waals surface area contributed by atoms with Crippen LogP contribution in [0.15, 0.2) is 18.2 Å². The first kappa shape index (κ1) is 10.8. The van der Waals surface area contributed by atoms with E-state index in [1.165, 1.54) is 18.2 Å². The summed E-state index contributed by atoms with van der Waals surface area (Å²) in [4.78, 5) is 10.3. The highest BCUT2D eigenvalue weighted by Crippen LogP contribution is 2.28. The molecule has 0 aliphatic rings. The minimum atomic E-state index is -1.22. The van der Waals surface area contributed by atoms with Crippen molar-refractivity contribution in [3.05, 3.63) is 28.8 Å². The van der Waals surface area contributed by atoms with Crippen molar-refractivity contribution in [2.24, 2.45) is 0 Å². The van der Waals surface area contributed by atoms with Crippen molar-refractivity contribution in [1.82, 2.24) is 0 Å². The van der Waals surface area contributed by atoms with Crippen molar-refractivity contribution < 1.29 is 20.1 Å². The van der Waals surface area contributed by atoms with Gasteiger partial charge in [0, 0.05) is 10.6 Å². The minimum absolute atomic E-state index is 0.164. The van der Waals surface area contributed by atoms with Crippen LogP contribution >= 0.6 is 11.6 Å². The molecule has 0 spiro atoms. The van der Waals surface area contributed by atoms with Gasteiger partial charge < -0.3 is 15.3 Å². The van der Waals surface area contributed by atoms with Gasteiger partial charge in [-0.15, -0.1) is 0 Å². The van der Waals surface area contributed by atoms with Crippen LogP contribution in [0, 0.1) is 0 Å². The Kier molecular flexibility index (Phi) is 3.33. The average molecular weight is 217 g/mol. The topological polar surface area (TPSA) is 77.8 Å². The smallest absolute Gasteiger partial charge is 0.306 e. The van der Waals surface area contributed by atoms with Crippen LogP contribution in [0.1, 0.15) is 18.1 Å². The van der Waals surface area contributed by atoms with Gasteiger partial charge in [-0.2, -0.15) is 0 Å². The zero-order valence-corrected chi connectivity index (χ0v) is 7.90. The Hall–Kier alpha value is -1.26. The maximum Gasteiger partial charge on any atom is 0.306 e. The predicted octanol–water partition coefficient (Wildman–Crippen LogP) is 1.55. The van der Waals surface area contributed by atoms with E-state index in [-0.39, 0.29) is 11.3 Å². The van der Waals surface area contributed by atoms with Crippen LogP contribution in [0.2, 0.25) is 5.02 Å². The van der Waals surface area contributed by atoms with E-state index >= 15 is 0 Å². The molecule has 76 valence electrons. The van der Waals surface area contributed by atoms with Crippen LogP contribution in [-0.4, -0.2) is 21.3 Å². The van der Waals surface area contributed by atoms with Crippen molar-refractivity contribution in [3.63, 3.8) is 0 Å². The predicted molar refractivity (Wildman–Crippen MR) is 50.3 cm³/mol. The fourth-order valence-electron chi connectivity index (χ4n) is 1.07. The first-order chi connectivity index (χ1) is 6.50. The quantitative estimate of drug-likeness (QED) is 0.717. The zero-order valence-electron chi connectivity index (χ0n) is 7.14. The van der Waals surface area contributed by atoms with Crippen LogP contribution in [0.5, 0.6) is 5.75 Å². The highest BCUT2D eigenvalue weighted by molar-refractivity contribution is 6.30. The highest BCUT2D eigenvalue weighted by atomic mass is 35.5. The van der Waals surface area contributed by atoms with Gasteiger partial charge in [0.05, 0.1) is 12.5 Å². The average Bonchev–Trinajstić information content (AvgIpc) is 2.01. The summed E-state index contributed by atoms with van der Waals surface area (Å²) in [5.41, 5.74) is 0.164. The molecule has 5 heteroatoms. The van der Waals surface area contributed by atoms with E-state index in [1.54, 1.807) is 0 Å². The molecule has 0 unspecified atom stereocenters. The van der Waals surface area contributed by atoms with Crippen molar-refractivity contribution in [2.45, 2.75) is 12.5 Å². The van der Waals surface area contributed by atoms with Crippen LogP contribution in [0.4, 0.5) is 0 Å². The van der Waals surface area contributed by atoms with Gasteiger partial charge >= 0.3 is 5.97 Å². The number of carboxylic acid groups (broad SMARTS) is 1. The third kappa shape index (κ3) is 2.61. The molecular weight excluding hydrogens is 208 g/mol. The number of aromatic hydroxyl groups is 1. The van der Waals surface area contributed by atoms with Crippen molar-refractivity contribution in [1.29, 1.82) is 0 Å². The second-order valence-corrected chi connectivity index (χ2v) is 3.25. The van der Waals surface area contributed by atoms with Crippen LogP contribution < -0.4 is 0 Å². The van der Waals surface area contributed by atoms with Gasteiger partial charge in [0.25, 0.3) is 0 Å². The molecule has 14 heavy (non-hydrogen) atoms. The zero-order chi connectivity index (χ0) is 10.7. The molecule has 1 aromatic rings. The number of carbonyl (C=O) groups is 1. The lowest BCUT2D eigenvalue weighted by molar-refractivity contribution is -0.139. The number of hydrogen-bond donors (Lipinski definition) is 3. The Bertz CT molecular complexity index is 351. The maximum atomic E-state index is 10.3. The Balaban J connectivity index is 2.90. The van der Waals surface area contributed by atoms with Gasteiger partial charge in [0.15, 0.2) is 0 Å². The summed E-state index contributed by atoms with van der Waals surface area (Å²) in [6, 6.07) is 4.12. The van der Waals surface area contributed by atoms with E-state index < -0.39 is 18.5 Å². The highest BCUT2D eigenvalue weighted by Gasteiger charge is 2.15. The summed E-state index contributed by atoms with van der Waals surface area (Å²) in [5.74, 6) is -1.34. The largest absolute Gasteiger partial charge is 0.508 e. The molecule has 0 amide bonds. The lowest BCUT2D eigenvalue weighted by atomic mass is 10.1. The van der Waals surface area contributed by atoms with Gasteiger partial charge in [-0.05, 0) is 12.1 Å². The molecular formula is C9H9ClO4. The Labute approximate surface area is 85.4 Å². The molecule has 4 nitrogen and oxygen atoms in total. The van der Waals surface area contributed by atoms with E-state index in [4.69, 9.17) is 16.7 Å². The SMILES string of the molecule is O=C(O)C[C@H](O)c1ccc(Cl)cc1O. The van der Waals surface area contributed by atoms with Gasteiger partial charge in [-0.25, -0.2) is 0 Å². The molecule has 0 saturated carbocycles. The van der Waals surface area contributed by atoms with E-state index in [1.807, 2.05) is 0 Å². The molecule has 1 atom stereocenters. The molecule has 0 fully saturated rings. The summed E-state index contributed by atoms with van der Waals surface area (Å²) in [7, 11) is 0. The lowest BCUT2D eigenvalue weighted by Crippen LogP contribution is -2.05. The fourth-order valence-corrected chi connectivity index (χ4v) is 1.24. The lowest BCUT2D eigenvalue weighted by Gasteiger charge is -2.10. The van der Waals surface area contributed by atoms with Gasteiger partial charge in [-0.3, -0.25) is 4.79 Å².